The highest BCUT2D eigenvalue weighted by molar-refractivity contribution is 5.85. The van der Waals surface area contributed by atoms with Crippen LogP contribution in [0.3, 0.4) is 0 Å². The minimum absolute atomic E-state index is 0.0773. The molecule has 4 nitrogen and oxygen atoms in total. The molecule has 3 aromatic rings. The molecule has 1 unspecified atom stereocenters. The molecule has 0 bridgehead atoms. The van der Waals surface area contributed by atoms with Gasteiger partial charge >= 0.3 is 12.1 Å². The van der Waals surface area contributed by atoms with Crippen molar-refractivity contribution in [3.05, 3.63) is 83.4 Å². The highest BCUT2D eigenvalue weighted by Crippen LogP contribution is 2.29. The maximum absolute atomic E-state index is 12.7. The van der Waals surface area contributed by atoms with E-state index in [0.717, 1.165) is 28.5 Å². The van der Waals surface area contributed by atoms with Crippen molar-refractivity contribution in [3.63, 3.8) is 0 Å². The number of halogens is 3. The molecule has 0 aliphatic heterocycles. The fourth-order valence-electron chi connectivity index (χ4n) is 3.31. The van der Waals surface area contributed by atoms with Crippen LogP contribution in [0.25, 0.3) is 10.8 Å². The molecule has 0 aliphatic carbocycles. The van der Waals surface area contributed by atoms with Crippen molar-refractivity contribution in [1.82, 2.24) is 5.32 Å². The number of aliphatic carboxylic acids is 1. The van der Waals surface area contributed by atoms with E-state index in [2.05, 4.69) is 5.32 Å². The van der Waals surface area contributed by atoms with Gasteiger partial charge in [-0.05, 0) is 40.5 Å². The molecule has 3 rings (SSSR count). The maximum atomic E-state index is 12.7. The predicted octanol–water partition coefficient (Wildman–Crippen LogP) is 4.60. The average Bonchev–Trinajstić information content (AvgIpc) is 2.67. The van der Waals surface area contributed by atoms with Crippen LogP contribution in [0, 0.1) is 0 Å². The number of carbonyl (C=O) groups is 2. The van der Waals surface area contributed by atoms with Crippen molar-refractivity contribution in [1.29, 1.82) is 0 Å². The molecule has 1 amide bonds. The molecule has 0 saturated carbocycles. The van der Waals surface area contributed by atoms with Crippen LogP contribution in [0.1, 0.15) is 23.1 Å². The van der Waals surface area contributed by atoms with Crippen LogP contribution in [0.15, 0.2) is 66.7 Å². The van der Waals surface area contributed by atoms with Crippen molar-refractivity contribution in [3.8, 4) is 0 Å². The zero-order valence-corrected chi connectivity index (χ0v) is 15.9. The Morgan fingerprint density at radius 2 is 1.53 bits per heavy atom. The summed E-state index contributed by atoms with van der Waals surface area (Å²) < 4.78 is 38.1. The van der Waals surface area contributed by atoms with E-state index in [1.807, 2.05) is 42.5 Å². The van der Waals surface area contributed by atoms with Crippen molar-refractivity contribution >= 4 is 22.6 Å². The fraction of sp³-hybridized carbons (Fsp3) is 0.217. The smallest absolute Gasteiger partial charge is 0.416 e. The lowest BCUT2D eigenvalue weighted by atomic mass is 10.0. The van der Waals surface area contributed by atoms with Gasteiger partial charge in [-0.3, -0.25) is 9.59 Å². The molecular weight excluding hydrogens is 395 g/mol. The molecule has 2 N–H and O–H groups in total. The molecule has 0 aliphatic rings. The first kappa shape index (κ1) is 21.4. The maximum Gasteiger partial charge on any atom is 0.416 e. The first-order valence-electron chi connectivity index (χ1n) is 9.35. The zero-order valence-electron chi connectivity index (χ0n) is 15.9. The van der Waals surface area contributed by atoms with Gasteiger partial charge in [-0.2, -0.15) is 13.2 Å². The summed E-state index contributed by atoms with van der Waals surface area (Å²) in [5.41, 5.74) is 0.524. The number of rotatable bonds is 7. The molecule has 156 valence electrons. The second-order valence-corrected chi connectivity index (χ2v) is 7.12. The zero-order chi connectivity index (χ0) is 21.7. The third kappa shape index (κ3) is 5.83. The molecule has 1 atom stereocenters. The Balaban J connectivity index is 1.67. The molecule has 30 heavy (non-hydrogen) atoms. The van der Waals surface area contributed by atoms with Crippen LogP contribution in [0.2, 0.25) is 0 Å². The third-order valence-electron chi connectivity index (χ3n) is 4.73. The number of alkyl halides is 3. The monoisotopic (exact) mass is 415 g/mol. The second kappa shape index (κ2) is 8.98. The number of amides is 1. The van der Waals surface area contributed by atoms with Crippen molar-refractivity contribution < 1.29 is 27.9 Å². The first-order valence-corrected chi connectivity index (χ1v) is 9.35. The van der Waals surface area contributed by atoms with Crippen molar-refractivity contribution in [2.24, 2.45) is 0 Å². The highest BCUT2D eigenvalue weighted by atomic mass is 19.4. The molecular formula is C23H20F3NO3. The summed E-state index contributed by atoms with van der Waals surface area (Å²) in [5, 5.41) is 13.9. The second-order valence-electron chi connectivity index (χ2n) is 7.12. The summed E-state index contributed by atoms with van der Waals surface area (Å²) in [5.74, 6) is -1.44. The van der Waals surface area contributed by atoms with E-state index in [0.29, 0.717) is 5.56 Å². The summed E-state index contributed by atoms with van der Waals surface area (Å²) in [6, 6.07) is 17.1. The number of nitrogens with one attached hydrogen (secondary N) is 1. The van der Waals surface area contributed by atoms with Crippen LogP contribution in [0.5, 0.6) is 0 Å². The first-order chi connectivity index (χ1) is 14.2. The Morgan fingerprint density at radius 1 is 0.900 bits per heavy atom. The highest BCUT2D eigenvalue weighted by Gasteiger charge is 2.30. The van der Waals surface area contributed by atoms with Crippen molar-refractivity contribution in [2.45, 2.75) is 31.5 Å². The van der Waals surface area contributed by atoms with Gasteiger partial charge in [0.2, 0.25) is 5.91 Å². The molecule has 0 saturated heterocycles. The fourth-order valence-corrected chi connectivity index (χ4v) is 3.31. The van der Waals surface area contributed by atoms with Gasteiger partial charge in [-0.15, -0.1) is 0 Å². The van der Waals surface area contributed by atoms with Gasteiger partial charge in [-0.25, -0.2) is 0 Å². The summed E-state index contributed by atoms with van der Waals surface area (Å²) in [6.07, 6.45) is -4.57. The Labute approximate surface area is 171 Å². The van der Waals surface area contributed by atoms with Gasteiger partial charge in [0.05, 0.1) is 18.4 Å². The van der Waals surface area contributed by atoms with Gasteiger partial charge in [-0.1, -0.05) is 54.6 Å². The van der Waals surface area contributed by atoms with E-state index in [4.69, 9.17) is 5.11 Å². The standard InChI is InChI=1S/C23H20F3NO3/c24-23(25,26)19-9-6-15(7-10-19)12-20(14-22(29)30)27-21(28)13-16-5-8-17-3-1-2-4-18(17)11-16/h1-11,20H,12-14H2,(H,27,28)(H,29,30). The van der Waals surface area contributed by atoms with E-state index in [1.54, 1.807) is 0 Å². The van der Waals surface area contributed by atoms with Crippen LogP contribution in [-0.2, 0) is 28.6 Å². The van der Waals surface area contributed by atoms with Crippen LogP contribution >= 0.6 is 0 Å². The van der Waals surface area contributed by atoms with E-state index < -0.39 is 23.8 Å². The summed E-state index contributed by atoms with van der Waals surface area (Å²) >= 11 is 0. The lowest BCUT2D eigenvalue weighted by molar-refractivity contribution is -0.138. The number of carbonyl (C=O) groups excluding carboxylic acids is 1. The topological polar surface area (TPSA) is 66.4 Å². The lowest BCUT2D eigenvalue weighted by Crippen LogP contribution is -2.39. The Kier molecular flexibility index (Phi) is 6.40. The number of hydrogen-bond acceptors (Lipinski definition) is 2. The Bertz CT molecular complexity index is 1050. The number of carboxylic acids is 1. The molecule has 3 aromatic carbocycles. The van der Waals surface area contributed by atoms with Gasteiger partial charge in [0.1, 0.15) is 0 Å². The predicted molar refractivity (Wildman–Crippen MR) is 107 cm³/mol. The summed E-state index contributed by atoms with van der Waals surface area (Å²) in [4.78, 5) is 23.6. The molecule has 0 heterocycles. The molecule has 0 fully saturated rings. The number of fused-ring (bicyclic) bond motifs is 1. The minimum atomic E-state index is -4.44. The SMILES string of the molecule is O=C(O)CC(Cc1ccc(C(F)(F)F)cc1)NC(=O)Cc1ccc2ccccc2c1. The van der Waals surface area contributed by atoms with Crippen LogP contribution in [-0.4, -0.2) is 23.0 Å². The van der Waals surface area contributed by atoms with Gasteiger partial charge in [0.25, 0.3) is 0 Å². The molecule has 0 radical (unpaired) electrons. The average molecular weight is 415 g/mol. The lowest BCUT2D eigenvalue weighted by Gasteiger charge is -2.18. The molecule has 0 aromatic heterocycles. The van der Waals surface area contributed by atoms with Gasteiger partial charge in [0.15, 0.2) is 0 Å². The molecule has 7 heteroatoms. The Hall–Kier alpha value is -3.35. The van der Waals surface area contributed by atoms with E-state index in [-0.39, 0.29) is 25.2 Å². The van der Waals surface area contributed by atoms with Crippen LogP contribution < -0.4 is 5.32 Å². The molecule has 0 spiro atoms. The van der Waals surface area contributed by atoms with Gasteiger partial charge < -0.3 is 10.4 Å². The number of hydrogen-bond donors (Lipinski definition) is 2. The largest absolute Gasteiger partial charge is 0.481 e. The summed E-state index contributed by atoms with van der Waals surface area (Å²) in [7, 11) is 0. The minimum Gasteiger partial charge on any atom is -0.481 e. The van der Waals surface area contributed by atoms with Crippen LogP contribution in [0.4, 0.5) is 13.2 Å². The van der Waals surface area contributed by atoms with Crippen molar-refractivity contribution in [2.75, 3.05) is 0 Å². The number of carboxylic acid groups (broad SMARTS) is 1. The van der Waals surface area contributed by atoms with Gasteiger partial charge in [0, 0.05) is 6.04 Å². The number of benzene rings is 3. The normalized spacial score (nSPS) is 12.5. The van der Waals surface area contributed by atoms with E-state index in [9.17, 15) is 22.8 Å². The Morgan fingerprint density at radius 3 is 2.17 bits per heavy atom. The van der Waals surface area contributed by atoms with E-state index >= 15 is 0 Å². The third-order valence-corrected chi connectivity index (χ3v) is 4.73. The van der Waals surface area contributed by atoms with E-state index in [1.165, 1.54) is 12.1 Å². The quantitative estimate of drug-likeness (QED) is 0.593. The summed E-state index contributed by atoms with van der Waals surface area (Å²) in [6.45, 7) is 0.